The summed E-state index contributed by atoms with van der Waals surface area (Å²) in [6.45, 7) is 4.16. The molecule has 0 aromatic carbocycles. The fourth-order valence-corrected chi connectivity index (χ4v) is 3.79. The van der Waals surface area contributed by atoms with Crippen molar-refractivity contribution in [1.82, 2.24) is 19.9 Å². The highest BCUT2D eigenvalue weighted by molar-refractivity contribution is 5.79. The van der Waals surface area contributed by atoms with Crippen molar-refractivity contribution in [2.75, 3.05) is 25.1 Å². The fourth-order valence-electron chi connectivity index (χ4n) is 3.79. The molecule has 7 nitrogen and oxygen atoms in total. The fraction of sp³-hybridized carbons (Fsp3) is 0.500. The number of nitrogens with zero attached hydrogens (tertiary/aromatic N) is 4. The molecule has 2 aromatic rings. The molecule has 1 amide bonds. The van der Waals surface area contributed by atoms with Gasteiger partial charge in [-0.2, -0.15) is 0 Å². The number of carbonyl (C=O) groups excluding carboxylic acids is 1. The summed E-state index contributed by atoms with van der Waals surface area (Å²) in [7, 11) is 0. The van der Waals surface area contributed by atoms with E-state index in [1.807, 2.05) is 30.0 Å². The molecule has 0 aliphatic carbocycles. The highest BCUT2D eigenvalue weighted by Gasteiger charge is 2.35. The number of pyridine rings is 1. The van der Waals surface area contributed by atoms with Crippen LogP contribution >= 0.6 is 0 Å². The topological polar surface area (TPSA) is 80.2 Å². The van der Waals surface area contributed by atoms with E-state index >= 15 is 0 Å². The van der Waals surface area contributed by atoms with Gasteiger partial charge in [-0.1, -0.05) is 6.07 Å². The second-order valence-electron chi connectivity index (χ2n) is 7.23. The Morgan fingerprint density at radius 2 is 2.04 bits per heavy atom. The van der Waals surface area contributed by atoms with Gasteiger partial charge in [0.15, 0.2) is 0 Å². The molecule has 1 N–H and O–H groups in total. The zero-order chi connectivity index (χ0) is 18.6. The van der Waals surface area contributed by atoms with E-state index in [9.17, 15) is 4.79 Å². The lowest BCUT2D eigenvalue weighted by Crippen LogP contribution is -2.38. The van der Waals surface area contributed by atoms with Crippen molar-refractivity contribution in [1.29, 1.82) is 0 Å². The van der Waals surface area contributed by atoms with Gasteiger partial charge in [0.1, 0.15) is 5.82 Å². The molecular weight excluding hydrogens is 342 g/mol. The minimum Gasteiger partial charge on any atom is -0.381 e. The number of hydrogen-bond acceptors (Lipinski definition) is 6. The Morgan fingerprint density at radius 1 is 1.19 bits per heavy atom. The molecule has 2 aromatic heterocycles. The van der Waals surface area contributed by atoms with Gasteiger partial charge < -0.3 is 15.0 Å². The van der Waals surface area contributed by atoms with Gasteiger partial charge in [0.25, 0.3) is 0 Å². The van der Waals surface area contributed by atoms with Crippen LogP contribution in [0.4, 0.5) is 11.8 Å². The van der Waals surface area contributed by atoms with Gasteiger partial charge in [0.05, 0.1) is 11.7 Å². The van der Waals surface area contributed by atoms with E-state index in [0.29, 0.717) is 25.0 Å². The molecule has 2 saturated heterocycles. The Kier molecular flexibility index (Phi) is 5.29. The summed E-state index contributed by atoms with van der Waals surface area (Å²) in [5, 5.41) is 3.15. The summed E-state index contributed by atoms with van der Waals surface area (Å²) in [5.74, 6) is 1.54. The lowest BCUT2D eigenvalue weighted by Gasteiger charge is -2.30. The van der Waals surface area contributed by atoms with Gasteiger partial charge in [-0.25, -0.2) is 15.0 Å². The lowest BCUT2D eigenvalue weighted by atomic mass is 9.98. The number of carbonyl (C=O) groups is 1. The first-order chi connectivity index (χ1) is 13.2. The van der Waals surface area contributed by atoms with Crippen LogP contribution in [0.1, 0.15) is 43.0 Å². The first kappa shape index (κ1) is 17.9. The summed E-state index contributed by atoms with van der Waals surface area (Å²) in [4.78, 5) is 28.3. The Hall–Kier alpha value is -2.54. The van der Waals surface area contributed by atoms with E-state index in [-0.39, 0.29) is 17.9 Å². The van der Waals surface area contributed by atoms with E-state index in [4.69, 9.17) is 4.74 Å². The van der Waals surface area contributed by atoms with Gasteiger partial charge in [-0.15, -0.1) is 0 Å². The van der Waals surface area contributed by atoms with E-state index in [1.54, 1.807) is 12.4 Å². The zero-order valence-corrected chi connectivity index (χ0v) is 15.6. The lowest BCUT2D eigenvalue weighted by molar-refractivity contribution is -0.139. The molecule has 0 spiro atoms. The number of likely N-dealkylation sites (tertiary alicyclic amines) is 1. The van der Waals surface area contributed by atoms with Gasteiger partial charge in [-0.3, -0.25) is 4.79 Å². The molecule has 2 fully saturated rings. The Morgan fingerprint density at radius 3 is 2.81 bits per heavy atom. The summed E-state index contributed by atoms with van der Waals surface area (Å²) in [5.41, 5.74) is 1.99. The number of ether oxygens (including phenoxy) is 1. The third-order valence-corrected chi connectivity index (χ3v) is 5.28. The molecular formula is C20H25N5O2. The van der Waals surface area contributed by atoms with E-state index < -0.39 is 0 Å². The maximum atomic E-state index is 13.0. The number of aryl methyl sites for hydroxylation is 1. The van der Waals surface area contributed by atoms with Crippen molar-refractivity contribution in [3.63, 3.8) is 0 Å². The maximum Gasteiger partial charge on any atom is 0.228 e. The van der Waals surface area contributed by atoms with Crippen molar-refractivity contribution in [3.05, 3.63) is 41.9 Å². The van der Waals surface area contributed by atoms with Crippen LogP contribution in [0.25, 0.3) is 0 Å². The number of aromatic nitrogens is 3. The molecule has 0 saturated carbocycles. The average Bonchev–Trinajstić information content (AvgIpc) is 3.20. The molecule has 27 heavy (non-hydrogen) atoms. The Balaban J connectivity index is 1.50. The zero-order valence-electron chi connectivity index (χ0n) is 15.6. The number of hydrogen-bond donors (Lipinski definition) is 1. The summed E-state index contributed by atoms with van der Waals surface area (Å²) < 4.78 is 5.40. The minimum absolute atomic E-state index is 0.0230. The number of amides is 1. The Labute approximate surface area is 159 Å². The molecule has 4 rings (SSSR count). The first-order valence-electron chi connectivity index (χ1n) is 9.61. The second-order valence-corrected chi connectivity index (χ2v) is 7.23. The minimum atomic E-state index is 0.0230. The van der Waals surface area contributed by atoms with Crippen molar-refractivity contribution < 1.29 is 9.53 Å². The molecule has 2 aliphatic rings. The largest absolute Gasteiger partial charge is 0.381 e. The molecule has 1 unspecified atom stereocenters. The molecule has 0 radical (unpaired) electrons. The molecule has 4 heterocycles. The van der Waals surface area contributed by atoms with E-state index in [0.717, 1.165) is 43.5 Å². The number of rotatable bonds is 4. The predicted molar refractivity (Wildman–Crippen MR) is 102 cm³/mol. The third kappa shape index (κ3) is 4.08. The molecule has 1 atom stereocenters. The highest BCUT2D eigenvalue weighted by atomic mass is 16.5. The van der Waals surface area contributed by atoms with Gasteiger partial charge in [-0.05, 0) is 50.3 Å². The van der Waals surface area contributed by atoms with Crippen molar-refractivity contribution in [2.24, 2.45) is 5.92 Å². The SMILES string of the molecule is Cc1ccc(Nc2nccc(C3CCCN3C(=O)C3CCOCC3)n2)nc1. The summed E-state index contributed by atoms with van der Waals surface area (Å²) in [6.07, 6.45) is 7.13. The molecule has 142 valence electrons. The van der Waals surface area contributed by atoms with Gasteiger partial charge >= 0.3 is 0 Å². The predicted octanol–water partition coefficient (Wildman–Crippen LogP) is 3.01. The van der Waals surface area contributed by atoms with Crippen LogP contribution in [0.5, 0.6) is 0 Å². The van der Waals surface area contributed by atoms with Crippen LogP contribution in [0.3, 0.4) is 0 Å². The third-order valence-electron chi connectivity index (χ3n) is 5.28. The normalized spacial score (nSPS) is 20.6. The monoisotopic (exact) mass is 367 g/mol. The molecule has 7 heteroatoms. The summed E-state index contributed by atoms with van der Waals surface area (Å²) in [6, 6.07) is 5.83. The second kappa shape index (κ2) is 8.00. The van der Waals surface area contributed by atoms with Crippen LogP contribution in [0.15, 0.2) is 30.6 Å². The quantitative estimate of drug-likeness (QED) is 0.895. The van der Waals surface area contributed by atoms with Crippen LogP contribution in [0, 0.1) is 12.8 Å². The standard InChI is InChI=1S/C20H25N5O2/c1-14-4-5-18(22-13-14)24-20-21-9-6-16(23-20)17-3-2-10-25(17)19(26)15-7-11-27-12-8-15/h4-6,9,13,15,17H,2-3,7-8,10-12H2,1H3,(H,21,22,23,24). The van der Waals surface area contributed by atoms with E-state index in [1.165, 1.54) is 0 Å². The first-order valence-corrected chi connectivity index (χ1v) is 9.61. The summed E-state index contributed by atoms with van der Waals surface area (Å²) >= 11 is 0. The van der Waals surface area contributed by atoms with Crippen LogP contribution in [0.2, 0.25) is 0 Å². The number of anilines is 2. The van der Waals surface area contributed by atoms with Crippen LogP contribution in [-0.4, -0.2) is 45.5 Å². The molecule has 2 aliphatic heterocycles. The average molecular weight is 367 g/mol. The molecule has 0 bridgehead atoms. The van der Waals surface area contributed by atoms with Gasteiger partial charge in [0.2, 0.25) is 11.9 Å². The van der Waals surface area contributed by atoms with Crippen molar-refractivity contribution in [2.45, 2.75) is 38.6 Å². The van der Waals surface area contributed by atoms with Crippen LogP contribution in [-0.2, 0) is 9.53 Å². The highest BCUT2D eigenvalue weighted by Crippen LogP contribution is 2.33. The maximum absolute atomic E-state index is 13.0. The van der Waals surface area contributed by atoms with E-state index in [2.05, 4.69) is 20.3 Å². The number of nitrogens with one attached hydrogen (secondary N) is 1. The smallest absolute Gasteiger partial charge is 0.228 e. The van der Waals surface area contributed by atoms with Crippen LogP contribution < -0.4 is 5.32 Å². The van der Waals surface area contributed by atoms with Crippen molar-refractivity contribution in [3.8, 4) is 0 Å². The van der Waals surface area contributed by atoms with Crippen molar-refractivity contribution >= 4 is 17.7 Å². The van der Waals surface area contributed by atoms with Gasteiger partial charge in [0, 0.05) is 38.1 Å². The Bertz CT molecular complexity index is 789.